The van der Waals surface area contributed by atoms with E-state index in [9.17, 15) is 25.3 Å². The Bertz CT molecular complexity index is 975. The summed E-state index contributed by atoms with van der Waals surface area (Å²) in [4.78, 5) is 24.6. The van der Waals surface area contributed by atoms with Crippen LogP contribution in [-0.2, 0) is 4.79 Å². The lowest BCUT2D eigenvalue weighted by atomic mass is 10.1. The van der Waals surface area contributed by atoms with Gasteiger partial charge in [-0.05, 0) is 42.0 Å². The highest BCUT2D eigenvalue weighted by molar-refractivity contribution is 6.09. The van der Waals surface area contributed by atoms with Gasteiger partial charge in [0.25, 0.3) is 5.91 Å². The Labute approximate surface area is 161 Å². The zero-order valence-corrected chi connectivity index (χ0v) is 15.5. The van der Waals surface area contributed by atoms with Crippen molar-refractivity contribution in [3.8, 4) is 17.6 Å². The molecular weight excluding hydrogens is 364 g/mol. The van der Waals surface area contributed by atoms with Crippen LogP contribution in [0.25, 0.3) is 6.08 Å². The monoisotopic (exact) mass is 382 g/mol. The maximum absolute atomic E-state index is 12.4. The van der Waals surface area contributed by atoms with Crippen molar-refractivity contribution in [3.63, 3.8) is 0 Å². The van der Waals surface area contributed by atoms with Gasteiger partial charge in [-0.3, -0.25) is 14.9 Å². The first kappa shape index (κ1) is 20.3. The molecule has 0 saturated heterocycles. The first-order chi connectivity index (χ1) is 13.3. The fourth-order valence-electron chi connectivity index (χ4n) is 2.35. The van der Waals surface area contributed by atoms with E-state index in [0.717, 1.165) is 11.8 Å². The van der Waals surface area contributed by atoms with Crippen molar-refractivity contribution in [1.82, 2.24) is 0 Å². The van der Waals surface area contributed by atoms with Gasteiger partial charge in [0.2, 0.25) is 5.75 Å². The number of hydrogen-bond donors (Lipinski definition) is 2. The van der Waals surface area contributed by atoms with Crippen molar-refractivity contribution < 1.29 is 19.6 Å². The standard InChI is InChI=1S/C19H18N4O5/c1-22(2)15-6-4-14(5-7-15)21-19(25)13(11-20)8-12-9-16(23(26)27)18(24)17(10-12)28-3/h4-10,24H,1-3H3,(H,21,25)/b13-8-. The molecule has 1 amide bonds. The van der Waals surface area contributed by atoms with Crippen LogP contribution in [0.5, 0.6) is 11.5 Å². The molecule has 0 bridgehead atoms. The van der Waals surface area contributed by atoms with Gasteiger partial charge in [-0.2, -0.15) is 5.26 Å². The maximum atomic E-state index is 12.4. The number of rotatable bonds is 6. The minimum atomic E-state index is -0.784. The molecule has 0 unspecified atom stereocenters. The van der Waals surface area contributed by atoms with E-state index in [1.54, 1.807) is 30.3 Å². The Kier molecular flexibility index (Phi) is 6.18. The van der Waals surface area contributed by atoms with Gasteiger partial charge >= 0.3 is 5.69 Å². The number of nitro benzene ring substituents is 1. The van der Waals surface area contributed by atoms with Gasteiger partial charge in [0, 0.05) is 31.5 Å². The molecule has 0 atom stereocenters. The molecule has 2 aromatic carbocycles. The molecule has 2 N–H and O–H groups in total. The summed E-state index contributed by atoms with van der Waals surface area (Å²) in [6.45, 7) is 0. The van der Waals surface area contributed by atoms with Gasteiger partial charge in [-0.15, -0.1) is 0 Å². The summed E-state index contributed by atoms with van der Waals surface area (Å²) < 4.78 is 4.91. The highest BCUT2D eigenvalue weighted by atomic mass is 16.6. The summed E-state index contributed by atoms with van der Waals surface area (Å²) >= 11 is 0. The number of phenols is 1. The molecule has 0 aliphatic carbocycles. The minimum Gasteiger partial charge on any atom is -0.500 e. The van der Waals surface area contributed by atoms with Crippen LogP contribution < -0.4 is 15.0 Å². The third-order valence-corrected chi connectivity index (χ3v) is 3.81. The molecular formula is C19H18N4O5. The Hall–Kier alpha value is -4.06. The second-order valence-electron chi connectivity index (χ2n) is 5.91. The zero-order chi connectivity index (χ0) is 20.8. The molecule has 0 saturated carbocycles. The molecule has 0 spiro atoms. The molecule has 9 nitrogen and oxygen atoms in total. The summed E-state index contributed by atoms with van der Waals surface area (Å²) in [5.41, 5.74) is 0.737. The topological polar surface area (TPSA) is 129 Å². The normalized spacial score (nSPS) is 10.7. The number of hydrogen-bond acceptors (Lipinski definition) is 7. The minimum absolute atomic E-state index is 0.141. The average molecular weight is 382 g/mol. The molecule has 144 valence electrons. The largest absolute Gasteiger partial charge is 0.500 e. The molecule has 0 heterocycles. The smallest absolute Gasteiger partial charge is 0.315 e. The second kappa shape index (κ2) is 8.55. The number of anilines is 2. The SMILES string of the molecule is COc1cc(/C=C(/C#N)C(=O)Nc2ccc(N(C)C)cc2)cc([N+](=O)[O-])c1O. The van der Waals surface area contributed by atoms with Crippen LogP contribution in [-0.4, -0.2) is 37.1 Å². The van der Waals surface area contributed by atoms with Gasteiger partial charge in [-0.25, -0.2) is 0 Å². The van der Waals surface area contributed by atoms with E-state index in [1.807, 2.05) is 19.0 Å². The van der Waals surface area contributed by atoms with E-state index >= 15 is 0 Å². The third kappa shape index (κ3) is 4.56. The van der Waals surface area contributed by atoms with Crippen LogP contribution in [0.3, 0.4) is 0 Å². The van der Waals surface area contributed by atoms with Crippen molar-refractivity contribution >= 4 is 29.0 Å². The molecule has 0 fully saturated rings. The van der Waals surface area contributed by atoms with Gasteiger partial charge < -0.3 is 20.1 Å². The fourth-order valence-corrected chi connectivity index (χ4v) is 2.35. The van der Waals surface area contributed by atoms with Crippen LogP contribution in [0.15, 0.2) is 42.0 Å². The predicted molar refractivity (Wildman–Crippen MR) is 104 cm³/mol. The van der Waals surface area contributed by atoms with E-state index in [0.29, 0.717) is 5.69 Å². The van der Waals surface area contributed by atoms with Crippen molar-refractivity contribution in [2.24, 2.45) is 0 Å². The maximum Gasteiger partial charge on any atom is 0.315 e. The second-order valence-corrected chi connectivity index (χ2v) is 5.91. The molecule has 2 aromatic rings. The van der Waals surface area contributed by atoms with Gasteiger partial charge in [-0.1, -0.05) is 0 Å². The number of nitrogens with zero attached hydrogens (tertiary/aromatic N) is 3. The quantitative estimate of drug-likeness (QED) is 0.340. The van der Waals surface area contributed by atoms with Crippen LogP contribution in [0.4, 0.5) is 17.1 Å². The fraction of sp³-hybridized carbons (Fsp3) is 0.158. The number of methoxy groups -OCH3 is 1. The summed E-state index contributed by atoms with van der Waals surface area (Å²) in [6.07, 6.45) is 1.18. The third-order valence-electron chi connectivity index (χ3n) is 3.81. The number of carbonyl (C=O) groups excluding carboxylic acids is 1. The number of aromatic hydroxyl groups is 1. The van der Waals surface area contributed by atoms with Crippen LogP contribution in [0, 0.1) is 21.4 Å². The molecule has 0 aliphatic heterocycles. The summed E-state index contributed by atoms with van der Waals surface area (Å²) in [5.74, 6) is -1.44. The van der Waals surface area contributed by atoms with E-state index in [2.05, 4.69) is 5.32 Å². The number of nitro groups is 1. The highest BCUT2D eigenvalue weighted by Gasteiger charge is 2.20. The first-order valence-electron chi connectivity index (χ1n) is 8.02. The lowest BCUT2D eigenvalue weighted by Crippen LogP contribution is -2.14. The molecule has 2 rings (SSSR count). The molecule has 0 aromatic heterocycles. The summed E-state index contributed by atoms with van der Waals surface area (Å²) in [6, 6.07) is 11.1. The predicted octanol–water partition coefficient (Wildman–Crippen LogP) is 2.92. The Morgan fingerprint density at radius 2 is 1.96 bits per heavy atom. The van der Waals surface area contributed by atoms with Crippen LogP contribution in [0.1, 0.15) is 5.56 Å². The highest BCUT2D eigenvalue weighted by Crippen LogP contribution is 2.37. The van der Waals surface area contributed by atoms with Gasteiger partial charge in [0.15, 0.2) is 5.75 Å². The summed E-state index contributed by atoms with van der Waals surface area (Å²) in [5, 5.41) is 32.8. The molecule has 9 heteroatoms. The lowest BCUT2D eigenvalue weighted by molar-refractivity contribution is -0.386. The zero-order valence-electron chi connectivity index (χ0n) is 15.5. The molecule has 0 radical (unpaired) electrons. The number of amides is 1. The Morgan fingerprint density at radius 1 is 1.32 bits per heavy atom. The number of phenolic OH excluding ortho intramolecular Hbond substituents is 1. The van der Waals surface area contributed by atoms with Crippen LogP contribution >= 0.6 is 0 Å². The van der Waals surface area contributed by atoms with E-state index in [4.69, 9.17) is 4.74 Å². The van der Waals surface area contributed by atoms with Crippen molar-refractivity contribution in [2.75, 3.05) is 31.4 Å². The van der Waals surface area contributed by atoms with E-state index < -0.39 is 22.3 Å². The Balaban J connectivity index is 2.32. The van der Waals surface area contributed by atoms with E-state index in [1.165, 1.54) is 19.3 Å². The lowest BCUT2D eigenvalue weighted by Gasteiger charge is -2.13. The number of nitriles is 1. The van der Waals surface area contributed by atoms with Gasteiger partial charge in [0.1, 0.15) is 11.6 Å². The number of benzene rings is 2. The Morgan fingerprint density at radius 3 is 2.46 bits per heavy atom. The average Bonchev–Trinajstić information content (AvgIpc) is 2.67. The van der Waals surface area contributed by atoms with Gasteiger partial charge in [0.05, 0.1) is 12.0 Å². The molecule has 28 heavy (non-hydrogen) atoms. The number of nitrogens with one attached hydrogen (secondary N) is 1. The molecule has 0 aliphatic rings. The van der Waals surface area contributed by atoms with Crippen molar-refractivity contribution in [3.05, 3.63) is 57.6 Å². The van der Waals surface area contributed by atoms with Crippen molar-refractivity contribution in [1.29, 1.82) is 5.26 Å². The number of ether oxygens (including phenoxy) is 1. The van der Waals surface area contributed by atoms with Crippen LogP contribution in [0.2, 0.25) is 0 Å². The van der Waals surface area contributed by atoms with Crippen molar-refractivity contribution in [2.45, 2.75) is 0 Å². The van der Waals surface area contributed by atoms with E-state index in [-0.39, 0.29) is 16.9 Å². The summed E-state index contributed by atoms with van der Waals surface area (Å²) in [7, 11) is 5.01. The number of carbonyl (C=O) groups is 1. The first-order valence-corrected chi connectivity index (χ1v) is 8.02.